The number of carboxylic acids is 1. The molecule has 1 aromatic carbocycles. The summed E-state index contributed by atoms with van der Waals surface area (Å²) in [6.07, 6.45) is 3.03. The van der Waals surface area contributed by atoms with E-state index in [0.717, 1.165) is 17.8 Å². The minimum absolute atomic E-state index is 0. The summed E-state index contributed by atoms with van der Waals surface area (Å²) in [5.74, 6) is -2.29. The summed E-state index contributed by atoms with van der Waals surface area (Å²) < 4.78 is 25.8. The molecular formula is C19H16F2IrN3O2-. The van der Waals surface area contributed by atoms with Gasteiger partial charge in [0.25, 0.3) is 0 Å². The first-order valence-electron chi connectivity index (χ1n) is 7.53. The average Bonchev–Trinajstić information content (AvgIpc) is 2.63. The third-order valence-electron chi connectivity index (χ3n) is 3.26. The number of rotatable bonds is 3. The molecule has 0 fully saturated rings. The SMILES string of the molecule is CN(C)c1ccnc(C(=O)O)c1.Fc1c[c-]c(-c2ccccn2)c(F)c1.[Ir]. The first-order valence-corrected chi connectivity index (χ1v) is 7.53. The molecule has 0 saturated carbocycles. The predicted octanol–water partition coefficient (Wildman–Crippen LogP) is 3.67. The summed E-state index contributed by atoms with van der Waals surface area (Å²) in [4.78, 5) is 20.0. The van der Waals surface area contributed by atoms with Crippen LogP contribution in [0.1, 0.15) is 10.5 Å². The minimum atomic E-state index is -1.00. The Hall–Kier alpha value is -2.70. The number of hydrogen-bond acceptors (Lipinski definition) is 4. The third-order valence-corrected chi connectivity index (χ3v) is 3.26. The molecule has 3 aromatic rings. The summed E-state index contributed by atoms with van der Waals surface area (Å²) >= 11 is 0. The molecule has 3 rings (SSSR count). The van der Waals surface area contributed by atoms with Gasteiger partial charge in [-0.2, -0.15) is 0 Å². The van der Waals surface area contributed by atoms with Gasteiger partial charge in [0.05, 0.1) is 0 Å². The maximum absolute atomic E-state index is 13.2. The standard InChI is InChI=1S/C11H6F2N.C8H10N2O2.Ir/c12-8-4-5-9(10(13)7-8)11-3-1-2-6-14-11;1-10(2)6-3-4-9-7(5-6)8(11)12;/h1-4,6-7H;3-5H,1-2H3,(H,11,12);/q-1;;. The van der Waals surface area contributed by atoms with Crippen molar-refractivity contribution < 1.29 is 38.8 Å². The molecule has 0 saturated heterocycles. The minimum Gasteiger partial charge on any atom is -0.477 e. The van der Waals surface area contributed by atoms with Crippen molar-refractivity contribution in [2.75, 3.05) is 19.0 Å². The normalized spacial score (nSPS) is 9.48. The number of aromatic nitrogens is 2. The van der Waals surface area contributed by atoms with E-state index < -0.39 is 17.6 Å². The van der Waals surface area contributed by atoms with Crippen LogP contribution in [0.4, 0.5) is 14.5 Å². The van der Waals surface area contributed by atoms with E-state index >= 15 is 0 Å². The molecule has 8 heteroatoms. The van der Waals surface area contributed by atoms with Crippen LogP contribution in [0.2, 0.25) is 0 Å². The average molecular weight is 549 g/mol. The molecule has 143 valence electrons. The van der Waals surface area contributed by atoms with Gasteiger partial charge in [0.1, 0.15) is 5.69 Å². The van der Waals surface area contributed by atoms with E-state index in [1.54, 1.807) is 30.5 Å². The van der Waals surface area contributed by atoms with Gasteiger partial charge in [-0.3, -0.25) is 8.78 Å². The molecule has 0 aliphatic heterocycles. The molecule has 0 aliphatic rings. The van der Waals surface area contributed by atoms with Gasteiger partial charge < -0.3 is 15.0 Å². The van der Waals surface area contributed by atoms with Crippen molar-refractivity contribution in [3.8, 4) is 11.3 Å². The molecule has 27 heavy (non-hydrogen) atoms. The van der Waals surface area contributed by atoms with Crippen molar-refractivity contribution in [1.82, 2.24) is 9.97 Å². The maximum atomic E-state index is 13.2. The van der Waals surface area contributed by atoms with Crippen molar-refractivity contribution in [3.63, 3.8) is 0 Å². The van der Waals surface area contributed by atoms with Crippen LogP contribution < -0.4 is 4.90 Å². The second-order valence-electron chi connectivity index (χ2n) is 5.35. The van der Waals surface area contributed by atoms with E-state index in [-0.39, 0.29) is 31.4 Å². The molecule has 0 atom stereocenters. The molecule has 0 unspecified atom stereocenters. The molecule has 0 bridgehead atoms. The number of benzene rings is 1. The summed E-state index contributed by atoms with van der Waals surface area (Å²) in [7, 11) is 3.70. The zero-order chi connectivity index (χ0) is 19.1. The summed E-state index contributed by atoms with van der Waals surface area (Å²) in [5.41, 5.74) is 1.54. The number of carboxylic acid groups (broad SMARTS) is 1. The van der Waals surface area contributed by atoms with Gasteiger partial charge >= 0.3 is 5.97 Å². The fourth-order valence-electron chi connectivity index (χ4n) is 1.97. The number of hydrogen-bond donors (Lipinski definition) is 1. The number of pyridine rings is 2. The molecule has 1 N–H and O–H groups in total. The van der Waals surface area contributed by atoms with Gasteiger partial charge in [-0.05, 0) is 23.9 Å². The van der Waals surface area contributed by atoms with E-state index in [0.29, 0.717) is 5.69 Å². The third kappa shape index (κ3) is 6.51. The van der Waals surface area contributed by atoms with E-state index in [1.165, 1.54) is 12.3 Å². The zero-order valence-electron chi connectivity index (χ0n) is 14.5. The first kappa shape index (κ1) is 22.3. The monoisotopic (exact) mass is 549 g/mol. The molecular weight excluding hydrogens is 532 g/mol. The van der Waals surface area contributed by atoms with Crippen molar-refractivity contribution >= 4 is 11.7 Å². The molecule has 0 amide bonds. The van der Waals surface area contributed by atoms with Gasteiger partial charge in [-0.15, -0.1) is 12.1 Å². The fourth-order valence-corrected chi connectivity index (χ4v) is 1.97. The number of halogens is 2. The van der Waals surface area contributed by atoms with Crippen LogP contribution in [0, 0.1) is 17.7 Å². The molecule has 5 nitrogen and oxygen atoms in total. The van der Waals surface area contributed by atoms with Gasteiger partial charge in [0, 0.05) is 63.9 Å². The Balaban J connectivity index is 0.000000264. The van der Waals surface area contributed by atoms with Crippen molar-refractivity contribution in [3.05, 3.63) is 78.3 Å². The Morgan fingerprint density at radius 1 is 1.11 bits per heavy atom. The van der Waals surface area contributed by atoms with Gasteiger partial charge in [0.15, 0.2) is 0 Å². The summed E-state index contributed by atoms with van der Waals surface area (Å²) in [6.45, 7) is 0. The van der Waals surface area contributed by atoms with Crippen LogP contribution in [0.15, 0.2) is 54.9 Å². The summed E-state index contributed by atoms with van der Waals surface area (Å²) in [6, 6.07) is 12.8. The number of carbonyl (C=O) groups is 1. The smallest absolute Gasteiger partial charge is 0.354 e. The van der Waals surface area contributed by atoms with Crippen LogP contribution in [0.5, 0.6) is 0 Å². The van der Waals surface area contributed by atoms with Crippen LogP contribution >= 0.6 is 0 Å². The molecule has 2 aromatic heterocycles. The second-order valence-corrected chi connectivity index (χ2v) is 5.35. The largest absolute Gasteiger partial charge is 0.477 e. The Labute approximate surface area is 169 Å². The van der Waals surface area contributed by atoms with E-state index in [4.69, 9.17) is 5.11 Å². The van der Waals surface area contributed by atoms with Crippen LogP contribution in [-0.2, 0) is 20.1 Å². The zero-order valence-corrected chi connectivity index (χ0v) is 16.9. The molecule has 1 radical (unpaired) electrons. The van der Waals surface area contributed by atoms with Crippen molar-refractivity contribution in [1.29, 1.82) is 0 Å². The van der Waals surface area contributed by atoms with E-state index in [9.17, 15) is 13.6 Å². The molecule has 0 spiro atoms. The van der Waals surface area contributed by atoms with Crippen LogP contribution in [-0.4, -0.2) is 35.1 Å². The van der Waals surface area contributed by atoms with Crippen molar-refractivity contribution in [2.24, 2.45) is 0 Å². The number of anilines is 1. The molecule has 0 aliphatic carbocycles. The van der Waals surface area contributed by atoms with Gasteiger partial charge in [-0.25, -0.2) is 9.78 Å². The topological polar surface area (TPSA) is 66.3 Å². The Bertz CT molecular complexity index is 893. The van der Waals surface area contributed by atoms with E-state index in [1.807, 2.05) is 19.0 Å². The van der Waals surface area contributed by atoms with Gasteiger partial charge in [-0.1, -0.05) is 23.8 Å². The van der Waals surface area contributed by atoms with Gasteiger partial charge in [0.2, 0.25) is 0 Å². The second kappa shape index (κ2) is 10.4. The Morgan fingerprint density at radius 2 is 1.85 bits per heavy atom. The van der Waals surface area contributed by atoms with E-state index in [2.05, 4.69) is 16.0 Å². The maximum Gasteiger partial charge on any atom is 0.354 e. The fraction of sp³-hybridized carbons (Fsp3) is 0.105. The predicted molar refractivity (Wildman–Crippen MR) is 93.9 cm³/mol. The van der Waals surface area contributed by atoms with Crippen molar-refractivity contribution in [2.45, 2.75) is 0 Å². The first-order chi connectivity index (χ1) is 12.4. The number of nitrogens with zero attached hydrogens (tertiary/aromatic N) is 3. The van der Waals surface area contributed by atoms with Crippen LogP contribution in [0.3, 0.4) is 0 Å². The quantitative estimate of drug-likeness (QED) is 0.506. The summed E-state index contributed by atoms with van der Waals surface area (Å²) in [5, 5.41) is 8.61. The Morgan fingerprint density at radius 3 is 2.41 bits per heavy atom. The number of aromatic carboxylic acids is 1. The Kier molecular flexibility index (Phi) is 8.65. The molecule has 2 heterocycles. The van der Waals surface area contributed by atoms with Crippen LogP contribution in [0.25, 0.3) is 11.3 Å².